The minimum absolute atomic E-state index is 0.0135. The summed E-state index contributed by atoms with van der Waals surface area (Å²) in [6, 6.07) is 13.4. The van der Waals surface area contributed by atoms with E-state index < -0.39 is 0 Å². The predicted octanol–water partition coefficient (Wildman–Crippen LogP) is 1.58. The highest BCUT2D eigenvalue weighted by Gasteiger charge is 2.10. The first-order valence-electron chi connectivity index (χ1n) is 10.9. The van der Waals surface area contributed by atoms with Crippen molar-refractivity contribution in [1.82, 2.24) is 25.4 Å². The van der Waals surface area contributed by atoms with Crippen LogP contribution in [-0.4, -0.2) is 79.9 Å². The molecule has 2 amide bonds. The Kier molecular flexibility index (Phi) is 10.2. The number of hydrogen-bond donors (Lipinski definition) is 2. The SMILES string of the molecule is CCNC(=NCC(=O)N(C)CCc1ccccn1)NCCc1cccc(C(=O)N(C)C)c1. The highest BCUT2D eigenvalue weighted by Crippen LogP contribution is 2.07. The van der Waals surface area contributed by atoms with Crippen LogP contribution in [0.3, 0.4) is 0 Å². The van der Waals surface area contributed by atoms with E-state index in [1.165, 1.54) is 0 Å². The quantitative estimate of drug-likeness (QED) is 0.434. The lowest BCUT2D eigenvalue weighted by Crippen LogP contribution is -2.39. The van der Waals surface area contributed by atoms with Crippen molar-refractivity contribution in [3.8, 4) is 0 Å². The van der Waals surface area contributed by atoms with E-state index >= 15 is 0 Å². The van der Waals surface area contributed by atoms with E-state index in [0.29, 0.717) is 37.6 Å². The number of carbonyl (C=O) groups is 2. The lowest BCUT2D eigenvalue weighted by molar-refractivity contribution is -0.128. The van der Waals surface area contributed by atoms with E-state index in [1.54, 1.807) is 37.1 Å². The Morgan fingerprint density at radius 1 is 1.03 bits per heavy atom. The molecule has 8 heteroatoms. The van der Waals surface area contributed by atoms with Gasteiger partial charge in [0.1, 0.15) is 6.54 Å². The molecule has 1 aromatic heterocycles. The van der Waals surface area contributed by atoms with Crippen molar-refractivity contribution in [3.05, 3.63) is 65.5 Å². The molecule has 0 radical (unpaired) electrons. The molecule has 0 saturated heterocycles. The molecule has 0 atom stereocenters. The predicted molar refractivity (Wildman–Crippen MR) is 128 cm³/mol. The van der Waals surface area contributed by atoms with Crippen LogP contribution in [0.2, 0.25) is 0 Å². The zero-order valence-electron chi connectivity index (χ0n) is 19.5. The number of hydrogen-bond acceptors (Lipinski definition) is 4. The summed E-state index contributed by atoms with van der Waals surface area (Å²) in [5.41, 5.74) is 2.70. The summed E-state index contributed by atoms with van der Waals surface area (Å²) >= 11 is 0. The Morgan fingerprint density at radius 3 is 2.53 bits per heavy atom. The molecular weight excluding hydrogens is 404 g/mol. The molecule has 0 bridgehead atoms. The zero-order chi connectivity index (χ0) is 23.3. The summed E-state index contributed by atoms with van der Waals surface area (Å²) in [5, 5.41) is 6.42. The molecule has 2 rings (SSSR count). The van der Waals surface area contributed by atoms with Gasteiger partial charge in [-0.3, -0.25) is 14.6 Å². The van der Waals surface area contributed by atoms with Crippen molar-refractivity contribution in [2.24, 2.45) is 4.99 Å². The van der Waals surface area contributed by atoms with Gasteiger partial charge in [-0.25, -0.2) is 4.99 Å². The third-order valence-corrected chi connectivity index (χ3v) is 4.86. The standard InChI is InChI=1S/C24H34N6O2/c1-5-25-24(27-15-12-19-9-8-10-20(17-19)23(32)29(2)3)28-18-22(31)30(4)16-13-21-11-6-7-14-26-21/h6-11,14,17H,5,12-13,15-16,18H2,1-4H3,(H2,25,27,28). The summed E-state index contributed by atoms with van der Waals surface area (Å²) in [4.78, 5) is 36.5. The van der Waals surface area contributed by atoms with Gasteiger partial charge in [0.2, 0.25) is 5.91 Å². The van der Waals surface area contributed by atoms with Crippen molar-refractivity contribution >= 4 is 17.8 Å². The van der Waals surface area contributed by atoms with E-state index in [0.717, 1.165) is 17.7 Å². The molecule has 0 aliphatic heterocycles. The number of nitrogens with one attached hydrogen (secondary N) is 2. The topological polar surface area (TPSA) is 89.9 Å². The molecule has 0 saturated carbocycles. The van der Waals surface area contributed by atoms with Crippen molar-refractivity contribution in [2.75, 3.05) is 47.3 Å². The van der Waals surface area contributed by atoms with E-state index in [9.17, 15) is 9.59 Å². The number of rotatable bonds is 10. The lowest BCUT2D eigenvalue weighted by atomic mass is 10.1. The third kappa shape index (κ3) is 8.37. The molecule has 2 aromatic rings. The van der Waals surface area contributed by atoms with E-state index in [1.807, 2.05) is 49.4 Å². The molecule has 0 spiro atoms. The van der Waals surface area contributed by atoms with Gasteiger partial charge < -0.3 is 20.4 Å². The first-order valence-corrected chi connectivity index (χ1v) is 10.9. The fraction of sp³-hybridized carbons (Fsp3) is 0.417. The smallest absolute Gasteiger partial charge is 0.253 e. The van der Waals surface area contributed by atoms with Gasteiger partial charge in [0.15, 0.2) is 5.96 Å². The number of guanidine groups is 1. The molecule has 0 fully saturated rings. The zero-order valence-corrected chi connectivity index (χ0v) is 19.5. The number of nitrogens with zero attached hydrogens (tertiary/aromatic N) is 4. The summed E-state index contributed by atoms with van der Waals surface area (Å²) in [6.45, 7) is 3.98. The van der Waals surface area contributed by atoms with E-state index in [-0.39, 0.29) is 18.4 Å². The Balaban J connectivity index is 1.84. The average molecular weight is 439 g/mol. The Bertz CT molecular complexity index is 898. The number of aromatic nitrogens is 1. The number of pyridine rings is 1. The summed E-state index contributed by atoms with van der Waals surface area (Å²) < 4.78 is 0. The maximum atomic E-state index is 12.4. The Morgan fingerprint density at radius 2 is 1.84 bits per heavy atom. The Hall–Kier alpha value is -3.42. The largest absolute Gasteiger partial charge is 0.357 e. The molecule has 2 N–H and O–H groups in total. The number of benzene rings is 1. The summed E-state index contributed by atoms with van der Waals surface area (Å²) in [6.07, 6.45) is 3.20. The first-order chi connectivity index (χ1) is 15.4. The van der Waals surface area contributed by atoms with Crippen LogP contribution < -0.4 is 10.6 Å². The number of aliphatic imine (C=N–C) groups is 1. The van der Waals surface area contributed by atoms with Crippen LogP contribution in [0.25, 0.3) is 0 Å². The summed E-state index contributed by atoms with van der Waals surface area (Å²) in [7, 11) is 5.27. The normalized spacial score (nSPS) is 11.1. The van der Waals surface area contributed by atoms with Crippen LogP contribution >= 0.6 is 0 Å². The second-order valence-corrected chi connectivity index (χ2v) is 7.66. The number of amides is 2. The molecule has 172 valence electrons. The lowest BCUT2D eigenvalue weighted by Gasteiger charge is -2.17. The van der Waals surface area contributed by atoms with Crippen LogP contribution in [0.1, 0.15) is 28.5 Å². The molecule has 1 aromatic carbocycles. The van der Waals surface area contributed by atoms with Crippen LogP contribution in [0, 0.1) is 0 Å². The van der Waals surface area contributed by atoms with Gasteiger partial charge in [0.05, 0.1) is 0 Å². The molecule has 1 heterocycles. The maximum absolute atomic E-state index is 12.4. The van der Waals surface area contributed by atoms with Gasteiger partial charge in [-0.15, -0.1) is 0 Å². The van der Waals surface area contributed by atoms with Gasteiger partial charge in [0, 0.05) is 64.7 Å². The second kappa shape index (κ2) is 13.1. The molecule has 0 aliphatic carbocycles. The van der Waals surface area contributed by atoms with Crippen molar-refractivity contribution < 1.29 is 9.59 Å². The highest BCUT2D eigenvalue weighted by molar-refractivity contribution is 5.94. The van der Waals surface area contributed by atoms with E-state index in [4.69, 9.17) is 0 Å². The molecular formula is C24H34N6O2. The maximum Gasteiger partial charge on any atom is 0.253 e. The van der Waals surface area contributed by atoms with Gasteiger partial charge in [-0.05, 0) is 43.2 Å². The molecule has 32 heavy (non-hydrogen) atoms. The fourth-order valence-electron chi connectivity index (χ4n) is 3.01. The number of likely N-dealkylation sites (N-methyl/N-ethyl adjacent to an activating group) is 1. The highest BCUT2D eigenvalue weighted by atomic mass is 16.2. The second-order valence-electron chi connectivity index (χ2n) is 7.66. The minimum atomic E-state index is -0.0481. The van der Waals surface area contributed by atoms with Crippen molar-refractivity contribution in [3.63, 3.8) is 0 Å². The van der Waals surface area contributed by atoms with Crippen LogP contribution in [0.4, 0.5) is 0 Å². The van der Waals surface area contributed by atoms with Gasteiger partial charge in [-0.1, -0.05) is 18.2 Å². The molecule has 8 nitrogen and oxygen atoms in total. The molecule has 0 unspecified atom stereocenters. The van der Waals surface area contributed by atoms with Gasteiger partial charge in [0.25, 0.3) is 5.91 Å². The summed E-state index contributed by atoms with van der Waals surface area (Å²) in [5.74, 6) is 0.535. The van der Waals surface area contributed by atoms with Crippen LogP contribution in [0.15, 0.2) is 53.7 Å². The van der Waals surface area contributed by atoms with Crippen molar-refractivity contribution in [2.45, 2.75) is 19.8 Å². The monoisotopic (exact) mass is 438 g/mol. The van der Waals surface area contributed by atoms with Crippen LogP contribution in [-0.2, 0) is 17.6 Å². The van der Waals surface area contributed by atoms with Crippen molar-refractivity contribution in [1.29, 1.82) is 0 Å². The number of carbonyl (C=O) groups excluding carboxylic acids is 2. The Labute approximate surface area is 190 Å². The fourth-order valence-corrected chi connectivity index (χ4v) is 3.01. The minimum Gasteiger partial charge on any atom is -0.357 e. The van der Waals surface area contributed by atoms with Crippen LogP contribution in [0.5, 0.6) is 0 Å². The van der Waals surface area contributed by atoms with Gasteiger partial charge >= 0.3 is 0 Å². The first kappa shape index (κ1) is 24.8. The van der Waals surface area contributed by atoms with E-state index in [2.05, 4.69) is 20.6 Å². The molecule has 0 aliphatic rings. The van der Waals surface area contributed by atoms with Gasteiger partial charge in [-0.2, -0.15) is 0 Å². The third-order valence-electron chi connectivity index (χ3n) is 4.86. The average Bonchev–Trinajstić information content (AvgIpc) is 2.81.